The molecule has 27 heavy (non-hydrogen) atoms. The summed E-state index contributed by atoms with van der Waals surface area (Å²) >= 11 is 0. The maximum absolute atomic E-state index is 13.0. The molecule has 0 saturated carbocycles. The van der Waals surface area contributed by atoms with Gasteiger partial charge in [-0.25, -0.2) is 0 Å². The zero-order valence-electron chi connectivity index (χ0n) is 15.6. The number of phenolic OH excluding ortho intramolecular Hbond substituents is 1. The van der Waals surface area contributed by atoms with Gasteiger partial charge in [-0.3, -0.25) is 9.89 Å². The van der Waals surface area contributed by atoms with Crippen LogP contribution in [0.25, 0.3) is 11.3 Å². The van der Waals surface area contributed by atoms with Crippen molar-refractivity contribution >= 4 is 5.91 Å². The Morgan fingerprint density at radius 2 is 1.85 bits per heavy atom. The predicted molar refractivity (Wildman–Crippen MR) is 105 cm³/mol. The van der Waals surface area contributed by atoms with E-state index in [1.807, 2.05) is 17.0 Å². The highest BCUT2D eigenvalue weighted by atomic mass is 16.3. The van der Waals surface area contributed by atoms with E-state index in [4.69, 9.17) is 0 Å². The average molecular weight is 361 g/mol. The number of aromatic hydroxyl groups is 1. The lowest BCUT2D eigenvalue weighted by molar-refractivity contribution is 0.0744. The van der Waals surface area contributed by atoms with E-state index in [1.165, 1.54) is 5.56 Å². The summed E-state index contributed by atoms with van der Waals surface area (Å²) in [5, 5.41) is 17.6. The number of H-pyrrole nitrogens is 1. The number of aromatic amines is 1. The number of aryl methyl sites for hydroxylation is 1. The van der Waals surface area contributed by atoms with Gasteiger partial charge in [0.1, 0.15) is 17.1 Å². The summed E-state index contributed by atoms with van der Waals surface area (Å²) < 4.78 is 0. The second-order valence-corrected chi connectivity index (χ2v) is 6.87. The molecule has 3 aromatic rings. The van der Waals surface area contributed by atoms with Gasteiger partial charge in [0.2, 0.25) is 0 Å². The van der Waals surface area contributed by atoms with E-state index < -0.39 is 0 Å². The number of nitrogens with one attached hydrogen (secondary N) is 1. The van der Waals surface area contributed by atoms with Crippen LogP contribution in [0.1, 0.15) is 53.5 Å². The van der Waals surface area contributed by atoms with Gasteiger partial charge in [0, 0.05) is 17.7 Å². The zero-order valence-corrected chi connectivity index (χ0v) is 15.6. The molecule has 1 atom stereocenters. The number of nitrogens with zero attached hydrogens (tertiary/aromatic N) is 2. The van der Waals surface area contributed by atoms with Crippen molar-refractivity contribution in [1.82, 2.24) is 15.1 Å². The molecule has 1 amide bonds. The molecule has 0 spiro atoms. The number of rotatable bonds is 5. The Kier molecular flexibility index (Phi) is 4.44. The van der Waals surface area contributed by atoms with Gasteiger partial charge in [0.25, 0.3) is 5.91 Å². The molecule has 2 N–H and O–H groups in total. The fourth-order valence-electron chi connectivity index (χ4n) is 3.83. The number of aromatic nitrogens is 2. The van der Waals surface area contributed by atoms with E-state index in [2.05, 4.69) is 48.3 Å². The van der Waals surface area contributed by atoms with Crippen LogP contribution in [0.3, 0.4) is 0 Å². The van der Waals surface area contributed by atoms with Crippen molar-refractivity contribution < 1.29 is 9.90 Å². The van der Waals surface area contributed by atoms with E-state index in [0.717, 1.165) is 24.0 Å². The van der Waals surface area contributed by atoms with Crippen molar-refractivity contribution in [3.63, 3.8) is 0 Å². The predicted octanol–water partition coefficient (Wildman–Crippen LogP) is 4.30. The largest absolute Gasteiger partial charge is 0.507 e. The first kappa shape index (κ1) is 17.3. The number of para-hydroxylation sites is 1. The first-order valence-electron chi connectivity index (χ1n) is 9.42. The molecule has 0 fully saturated rings. The van der Waals surface area contributed by atoms with Gasteiger partial charge in [0.15, 0.2) is 0 Å². The summed E-state index contributed by atoms with van der Waals surface area (Å²) in [5.74, 6) is 0.124. The van der Waals surface area contributed by atoms with Crippen LogP contribution in [0.5, 0.6) is 5.75 Å². The molecule has 4 rings (SSSR count). The van der Waals surface area contributed by atoms with Crippen molar-refractivity contribution in [2.75, 3.05) is 6.54 Å². The maximum atomic E-state index is 13.0. The number of hydrogen-bond donors (Lipinski definition) is 2. The fourth-order valence-corrected chi connectivity index (χ4v) is 3.83. The lowest BCUT2D eigenvalue weighted by atomic mass is 9.95. The Labute approximate surface area is 158 Å². The van der Waals surface area contributed by atoms with Crippen molar-refractivity contribution in [2.24, 2.45) is 0 Å². The van der Waals surface area contributed by atoms with E-state index in [9.17, 15) is 9.90 Å². The molecule has 1 aromatic heterocycles. The lowest BCUT2D eigenvalue weighted by Crippen LogP contribution is -2.30. The summed E-state index contributed by atoms with van der Waals surface area (Å²) in [5.41, 5.74) is 4.96. The Balaban J connectivity index is 1.88. The average Bonchev–Trinajstić information content (AvgIpc) is 3.23. The highest BCUT2D eigenvalue weighted by molar-refractivity contribution is 6.00. The standard InChI is InChI=1S/C22H23N3O2/c1-3-13-25-21(15-11-9-14(4-2)10-12-15)18-19(23-24-20(18)22(25)27)16-7-5-6-8-17(16)26/h5-12,21,26H,3-4,13H2,1-2H3,(H,23,24)/t21-/m1/s1. The molecule has 0 unspecified atom stereocenters. The number of fused-ring (bicyclic) bond motifs is 1. The lowest BCUT2D eigenvalue weighted by Gasteiger charge is -2.26. The normalized spacial score (nSPS) is 16.0. The minimum Gasteiger partial charge on any atom is -0.507 e. The molecule has 1 aliphatic rings. The fraction of sp³-hybridized carbons (Fsp3) is 0.273. The Bertz CT molecular complexity index is 975. The van der Waals surface area contributed by atoms with Gasteiger partial charge in [-0.05, 0) is 36.1 Å². The van der Waals surface area contributed by atoms with Crippen LogP contribution in [0.15, 0.2) is 48.5 Å². The van der Waals surface area contributed by atoms with Crippen LogP contribution in [-0.4, -0.2) is 32.7 Å². The molecular formula is C22H23N3O2. The monoisotopic (exact) mass is 361 g/mol. The van der Waals surface area contributed by atoms with Gasteiger partial charge in [-0.1, -0.05) is 50.2 Å². The number of carbonyl (C=O) groups is 1. The molecule has 2 heterocycles. The molecule has 0 bridgehead atoms. The summed E-state index contributed by atoms with van der Waals surface area (Å²) in [7, 11) is 0. The highest BCUT2D eigenvalue weighted by Gasteiger charge is 2.41. The van der Waals surface area contributed by atoms with E-state index in [1.54, 1.807) is 12.1 Å². The second-order valence-electron chi connectivity index (χ2n) is 6.87. The molecular weight excluding hydrogens is 338 g/mol. The van der Waals surface area contributed by atoms with Crippen molar-refractivity contribution in [2.45, 2.75) is 32.7 Å². The van der Waals surface area contributed by atoms with Gasteiger partial charge in [0.05, 0.1) is 6.04 Å². The van der Waals surface area contributed by atoms with Gasteiger partial charge in [-0.2, -0.15) is 5.10 Å². The molecule has 1 aliphatic heterocycles. The van der Waals surface area contributed by atoms with Crippen LogP contribution in [0.4, 0.5) is 0 Å². The Morgan fingerprint density at radius 3 is 2.52 bits per heavy atom. The third kappa shape index (κ3) is 2.79. The molecule has 0 aliphatic carbocycles. The van der Waals surface area contributed by atoms with Crippen LogP contribution >= 0.6 is 0 Å². The molecule has 2 aromatic carbocycles. The van der Waals surface area contributed by atoms with Gasteiger partial charge >= 0.3 is 0 Å². The van der Waals surface area contributed by atoms with Crippen LogP contribution in [0, 0.1) is 0 Å². The summed E-state index contributed by atoms with van der Waals surface area (Å²) in [6.07, 6.45) is 1.85. The van der Waals surface area contributed by atoms with Crippen LogP contribution in [0.2, 0.25) is 0 Å². The Hall–Kier alpha value is -3.08. The highest BCUT2D eigenvalue weighted by Crippen LogP contribution is 2.44. The number of amides is 1. The zero-order chi connectivity index (χ0) is 19.0. The van der Waals surface area contributed by atoms with Gasteiger partial charge in [-0.15, -0.1) is 0 Å². The van der Waals surface area contributed by atoms with Crippen molar-refractivity contribution in [3.8, 4) is 17.0 Å². The third-order valence-corrected chi connectivity index (χ3v) is 5.19. The minimum atomic E-state index is -0.202. The smallest absolute Gasteiger partial charge is 0.273 e. The summed E-state index contributed by atoms with van der Waals surface area (Å²) in [4.78, 5) is 14.9. The number of phenols is 1. The van der Waals surface area contributed by atoms with Gasteiger partial charge < -0.3 is 10.0 Å². The van der Waals surface area contributed by atoms with Crippen LogP contribution < -0.4 is 0 Å². The van der Waals surface area contributed by atoms with E-state index >= 15 is 0 Å². The van der Waals surface area contributed by atoms with Crippen molar-refractivity contribution in [1.29, 1.82) is 0 Å². The Morgan fingerprint density at radius 1 is 1.11 bits per heavy atom. The summed E-state index contributed by atoms with van der Waals surface area (Å²) in [6.45, 7) is 4.86. The minimum absolute atomic E-state index is 0.0365. The molecule has 0 saturated heterocycles. The molecule has 5 heteroatoms. The first-order valence-corrected chi connectivity index (χ1v) is 9.42. The summed E-state index contributed by atoms with van der Waals surface area (Å²) in [6, 6.07) is 15.3. The van der Waals surface area contributed by atoms with E-state index in [-0.39, 0.29) is 17.7 Å². The third-order valence-electron chi connectivity index (χ3n) is 5.19. The topological polar surface area (TPSA) is 69.2 Å². The second kappa shape index (κ2) is 6.91. The van der Waals surface area contributed by atoms with E-state index in [0.29, 0.717) is 23.5 Å². The molecule has 138 valence electrons. The number of benzene rings is 2. The van der Waals surface area contributed by atoms with Crippen LogP contribution in [-0.2, 0) is 6.42 Å². The number of carbonyl (C=O) groups excluding carboxylic acids is 1. The SMILES string of the molecule is CCCN1C(=O)c2[nH]nc(-c3ccccc3O)c2[C@H]1c1ccc(CC)cc1. The number of hydrogen-bond acceptors (Lipinski definition) is 3. The first-order chi connectivity index (χ1) is 13.2. The van der Waals surface area contributed by atoms with Crippen molar-refractivity contribution in [3.05, 3.63) is 70.9 Å². The molecule has 5 nitrogen and oxygen atoms in total. The molecule has 0 radical (unpaired) electrons. The maximum Gasteiger partial charge on any atom is 0.273 e. The quantitative estimate of drug-likeness (QED) is 0.712.